The van der Waals surface area contributed by atoms with Crippen molar-refractivity contribution in [3.8, 4) is 0 Å². The third-order valence-electron chi connectivity index (χ3n) is 5.43. The summed E-state index contributed by atoms with van der Waals surface area (Å²) < 4.78 is 45.9. The summed E-state index contributed by atoms with van der Waals surface area (Å²) in [6.07, 6.45) is -1.50. The minimum atomic E-state index is -0.886. The molecule has 33 heavy (non-hydrogen) atoms. The molecule has 0 spiro atoms. The zero-order valence-electron chi connectivity index (χ0n) is 19.4. The maximum absolute atomic E-state index is 11.6. The van der Waals surface area contributed by atoms with E-state index in [0.29, 0.717) is 39.6 Å². The summed E-state index contributed by atoms with van der Waals surface area (Å²) in [7, 11) is 0. The topological polar surface area (TPSA) is 140 Å². The highest BCUT2D eigenvalue weighted by molar-refractivity contribution is 5.73. The van der Waals surface area contributed by atoms with Crippen LogP contribution in [0.2, 0.25) is 0 Å². The molecule has 3 saturated heterocycles. The fraction of sp³-hybridized carbons (Fsp3) is 0.905. The van der Waals surface area contributed by atoms with Gasteiger partial charge in [0.2, 0.25) is 5.91 Å². The molecule has 3 aliphatic heterocycles. The second kappa shape index (κ2) is 11.8. The van der Waals surface area contributed by atoms with Crippen LogP contribution in [0.1, 0.15) is 27.2 Å². The average Bonchev–Trinajstić information content (AvgIpc) is 3.28. The second-order valence-electron chi connectivity index (χ2n) is 8.64. The molecule has 3 fully saturated rings. The molecule has 0 saturated carbocycles. The first kappa shape index (κ1) is 26.2. The van der Waals surface area contributed by atoms with Gasteiger partial charge in [-0.05, 0) is 13.8 Å². The van der Waals surface area contributed by atoms with Gasteiger partial charge in [0.05, 0.1) is 65.9 Å². The molecule has 2 N–H and O–H groups in total. The fourth-order valence-electron chi connectivity index (χ4n) is 4.07. The van der Waals surface area contributed by atoms with E-state index in [9.17, 15) is 9.59 Å². The Labute approximate surface area is 193 Å². The summed E-state index contributed by atoms with van der Waals surface area (Å²) in [6, 6.07) is -0.462. The van der Waals surface area contributed by atoms with E-state index in [1.54, 1.807) is 0 Å². The lowest BCUT2D eigenvalue weighted by molar-refractivity contribution is -0.214. The molecular weight excluding hydrogens is 442 g/mol. The van der Waals surface area contributed by atoms with Crippen molar-refractivity contribution in [2.45, 2.75) is 63.1 Å². The van der Waals surface area contributed by atoms with Crippen LogP contribution in [0.5, 0.6) is 0 Å². The van der Waals surface area contributed by atoms with Gasteiger partial charge in [0.25, 0.3) is 0 Å². The van der Waals surface area contributed by atoms with Crippen molar-refractivity contribution in [3.05, 3.63) is 0 Å². The predicted octanol–water partition coefficient (Wildman–Crippen LogP) is -0.322. The molecule has 0 aliphatic carbocycles. The highest BCUT2D eigenvalue weighted by Gasteiger charge is 2.66. The van der Waals surface area contributed by atoms with Crippen LogP contribution in [0.25, 0.3) is 0 Å². The Bertz CT molecular complexity index is 660. The number of amides is 1. The minimum absolute atomic E-state index is 0.0174. The number of carboxylic acid groups (broad SMARTS) is 1. The summed E-state index contributed by atoms with van der Waals surface area (Å²) in [5.74, 6) is -1.89. The van der Waals surface area contributed by atoms with Crippen LogP contribution in [0.4, 0.5) is 0 Å². The van der Waals surface area contributed by atoms with Crippen molar-refractivity contribution < 1.29 is 52.6 Å². The summed E-state index contributed by atoms with van der Waals surface area (Å²) in [4.78, 5) is 22.0. The number of carbonyl (C=O) groups excluding carboxylic acids is 1. The lowest BCUT2D eigenvalue weighted by Crippen LogP contribution is -2.65. The number of fused-ring (bicyclic) bond motifs is 4. The highest BCUT2D eigenvalue weighted by atomic mass is 16.8. The molecule has 0 aromatic rings. The van der Waals surface area contributed by atoms with Crippen molar-refractivity contribution in [1.82, 2.24) is 5.32 Å². The first-order chi connectivity index (χ1) is 15.7. The number of ether oxygens (including phenoxy) is 8. The van der Waals surface area contributed by atoms with E-state index in [1.165, 1.54) is 6.92 Å². The summed E-state index contributed by atoms with van der Waals surface area (Å²) in [5, 5.41) is 11.4. The molecular formula is C21H35NO11. The lowest BCUT2D eigenvalue weighted by atomic mass is 9.88. The molecule has 0 unspecified atom stereocenters. The molecule has 3 rings (SSSR count). The zero-order chi connectivity index (χ0) is 23.9. The third-order valence-corrected chi connectivity index (χ3v) is 5.43. The molecule has 3 heterocycles. The first-order valence-electron chi connectivity index (χ1n) is 11.2. The molecule has 3 aliphatic rings. The zero-order valence-corrected chi connectivity index (χ0v) is 19.4. The second-order valence-corrected chi connectivity index (χ2v) is 8.64. The van der Waals surface area contributed by atoms with Crippen molar-refractivity contribution in [1.29, 1.82) is 0 Å². The molecule has 2 bridgehead atoms. The Morgan fingerprint density at radius 3 is 2.15 bits per heavy atom. The van der Waals surface area contributed by atoms with Crippen molar-refractivity contribution >= 4 is 11.9 Å². The Morgan fingerprint density at radius 1 is 0.939 bits per heavy atom. The van der Waals surface area contributed by atoms with Crippen molar-refractivity contribution in [3.63, 3.8) is 0 Å². The van der Waals surface area contributed by atoms with Crippen LogP contribution in [0, 0.1) is 0 Å². The largest absolute Gasteiger partial charge is 0.481 e. The molecule has 0 aromatic carbocycles. The van der Waals surface area contributed by atoms with E-state index in [-0.39, 0.29) is 32.1 Å². The van der Waals surface area contributed by atoms with E-state index in [0.717, 1.165) is 0 Å². The lowest BCUT2D eigenvalue weighted by Gasteiger charge is -2.42. The van der Waals surface area contributed by atoms with Crippen molar-refractivity contribution in [2.24, 2.45) is 0 Å². The van der Waals surface area contributed by atoms with Crippen LogP contribution in [0.15, 0.2) is 0 Å². The first-order valence-corrected chi connectivity index (χ1v) is 11.2. The van der Waals surface area contributed by atoms with Crippen LogP contribution >= 0.6 is 0 Å². The number of carboxylic acids is 1. The number of rotatable bonds is 15. The Kier molecular flexibility index (Phi) is 9.42. The highest BCUT2D eigenvalue weighted by Crippen LogP contribution is 2.46. The van der Waals surface area contributed by atoms with Gasteiger partial charge >= 0.3 is 5.97 Å². The average molecular weight is 478 g/mol. The van der Waals surface area contributed by atoms with Gasteiger partial charge in [-0.3, -0.25) is 9.59 Å². The quantitative estimate of drug-likeness (QED) is 0.300. The van der Waals surface area contributed by atoms with E-state index < -0.39 is 41.9 Å². The van der Waals surface area contributed by atoms with Gasteiger partial charge < -0.3 is 48.3 Å². The molecule has 12 nitrogen and oxygen atoms in total. The number of hydrogen-bond donors (Lipinski definition) is 2. The fourth-order valence-corrected chi connectivity index (χ4v) is 4.07. The SMILES string of the molecule is CC(=O)N[C@H]1[C@H]2OC[C@](COCCOCCOCCOCCC(=O)O)(O2)[C@@H]2OC(C)(C)O[C@H]12. The van der Waals surface area contributed by atoms with Crippen LogP contribution < -0.4 is 5.32 Å². The number of aliphatic carboxylic acids is 1. The molecule has 5 atom stereocenters. The Hall–Kier alpha value is -1.38. The van der Waals surface area contributed by atoms with E-state index >= 15 is 0 Å². The molecule has 0 radical (unpaired) electrons. The third kappa shape index (κ3) is 7.30. The summed E-state index contributed by atoms with van der Waals surface area (Å²) in [5.41, 5.74) is -0.818. The number of hydrogen-bond acceptors (Lipinski definition) is 10. The number of carbonyl (C=O) groups is 2. The molecule has 1 amide bonds. The predicted molar refractivity (Wildman–Crippen MR) is 111 cm³/mol. The Balaban J connectivity index is 1.31. The van der Waals surface area contributed by atoms with Crippen LogP contribution in [-0.4, -0.2) is 112 Å². The van der Waals surface area contributed by atoms with Gasteiger partial charge in [0.15, 0.2) is 12.1 Å². The van der Waals surface area contributed by atoms with E-state index in [1.807, 2.05) is 13.8 Å². The van der Waals surface area contributed by atoms with Crippen molar-refractivity contribution in [2.75, 3.05) is 59.5 Å². The van der Waals surface area contributed by atoms with Gasteiger partial charge in [-0.15, -0.1) is 0 Å². The van der Waals surface area contributed by atoms with E-state index in [4.69, 9.17) is 43.0 Å². The molecule has 12 heteroatoms. The van der Waals surface area contributed by atoms with Crippen LogP contribution in [0.3, 0.4) is 0 Å². The number of nitrogens with one attached hydrogen (secondary N) is 1. The maximum Gasteiger partial charge on any atom is 0.305 e. The monoisotopic (exact) mass is 477 g/mol. The van der Waals surface area contributed by atoms with Crippen LogP contribution in [-0.2, 0) is 47.5 Å². The normalized spacial score (nSPS) is 32.0. The Morgan fingerprint density at radius 2 is 1.55 bits per heavy atom. The van der Waals surface area contributed by atoms with Gasteiger partial charge in [0, 0.05) is 6.92 Å². The summed E-state index contributed by atoms with van der Waals surface area (Å²) in [6.45, 7) is 8.05. The molecule has 190 valence electrons. The van der Waals surface area contributed by atoms with E-state index in [2.05, 4.69) is 5.32 Å². The molecule has 0 aromatic heterocycles. The smallest absolute Gasteiger partial charge is 0.305 e. The van der Waals surface area contributed by atoms with Gasteiger partial charge in [-0.25, -0.2) is 0 Å². The van der Waals surface area contributed by atoms with Gasteiger partial charge in [0.1, 0.15) is 23.9 Å². The standard InChI is InChI=1S/C21H35NO11/c1-14(23)22-16-17-18(32-20(2,3)31-17)21(13-30-19(16)33-21)12-29-11-10-28-9-8-27-7-6-26-5-4-15(24)25/h16-19H,4-13H2,1-3H3,(H,22,23)(H,24,25)/t16-,17-,18-,19+,21+/m1/s1. The summed E-state index contributed by atoms with van der Waals surface area (Å²) >= 11 is 0. The van der Waals surface area contributed by atoms with Gasteiger partial charge in [-0.1, -0.05) is 0 Å². The maximum atomic E-state index is 11.6. The minimum Gasteiger partial charge on any atom is -0.481 e. The van der Waals surface area contributed by atoms with Gasteiger partial charge in [-0.2, -0.15) is 0 Å².